The van der Waals surface area contributed by atoms with Crippen molar-refractivity contribution in [1.82, 2.24) is 20.1 Å². The van der Waals surface area contributed by atoms with Crippen LogP contribution in [-0.4, -0.2) is 79.1 Å². The summed E-state index contributed by atoms with van der Waals surface area (Å²) >= 11 is 0. The molecular weight excluding hydrogens is 382 g/mol. The highest BCUT2D eigenvalue weighted by atomic mass is 16.5. The van der Waals surface area contributed by atoms with Crippen LogP contribution in [0.15, 0.2) is 54.7 Å². The van der Waals surface area contributed by atoms with Crippen molar-refractivity contribution >= 4 is 17.8 Å². The molecule has 0 saturated carbocycles. The van der Waals surface area contributed by atoms with Gasteiger partial charge in [0.05, 0.1) is 19.7 Å². The first kappa shape index (κ1) is 20.2. The number of nitrogens with zero attached hydrogens (tertiary/aromatic N) is 4. The average Bonchev–Trinajstić information content (AvgIpc) is 2.83. The van der Waals surface area contributed by atoms with Gasteiger partial charge in [0.2, 0.25) is 5.91 Å². The zero-order valence-electron chi connectivity index (χ0n) is 16.9. The van der Waals surface area contributed by atoms with Crippen LogP contribution < -0.4 is 10.2 Å². The van der Waals surface area contributed by atoms with E-state index in [9.17, 15) is 9.59 Å². The number of anilines is 1. The monoisotopic (exact) mass is 409 g/mol. The number of aromatic nitrogens is 1. The van der Waals surface area contributed by atoms with Gasteiger partial charge in [-0.3, -0.25) is 4.79 Å². The van der Waals surface area contributed by atoms with Crippen molar-refractivity contribution in [2.24, 2.45) is 0 Å². The molecule has 1 aromatic carbocycles. The number of carbonyl (C=O) groups is 2. The molecule has 4 rings (SSSR count). The number of nitrogens with one attached hydrogen (secondary N) is 1. The van der Waals surface area contributed by atoms with Gasteiger partial charge in [0.1, 0.15) is 11.9 Å². The number of piperazine rings is 1. The molecule has 2 saturated heterocycles. The SMILES string of the molecule is O=C(CNC(=O)N1CCN(c2ccccn2)CC1)N1CCOC(c2ccccc2)C1. The van der Waals surface area contributed by atoms with Gasteiger partial charge in [-0.1, -0.05) is 36.4 Å². The Morgan fingerprint density at radius 1 is 0.967 bits per heavy atom. The van der Waals surface area contributed by atoms with E-state index in [0.717, 1.165) is 24.5 Å². The lowest BCUT2D eigenvalue weighted by atomic mass is 10.1. The number of morpholine rings is 1. The number of urea groups is 1. The number of ether oxygens (including phenoxy) is 1. The Hall–Kier alpha value is -3.13. The van der Waals surface area contributed by atoms with Gasteiger partial charge in [0.25, 0.3) is 0 Å². The van der Waals surface area contributed by atoms with E-state index in [1.165, 1.54) is 0 Å². The van der Waals surface area contributed by atoms with E-state index in [4.69, 9.17) is 4.74 Å². The molecule has 2 fully saturated rings. The number of pyridine rings is 1. The van der Waals surface area contributed by atoms with Gasteiger partial charge >= 0.3 is 6.03 Å². The van der Waals surface area contributed by atoms with Gasteiger partial charge in [-0.25, -0.2) is 9.78 Å². The lowest BCUT2D eigenvalue weighted by molar-refractivity contribution is -0.137. The van der Waals surface area contributed by atoms with Crippen LogP contribution in [0.25, 0.3) is 0 Å². The molecule has 0 aliphatic carbocycles. The second kappa shape index (κ2) is 9.58. The van der Waals surface area contributed by atoms with Crippen molar-refractivity contribution in [2.75, 3.05) is 57.3 Å². The molecule has 1 atom stereocenters. The fraction of sp³-hybridized carbons (Fsp3) is 0.409. The third-order valence-electron chi connectivity index (χ3n) is 5.52. The molecule has 2 aliphatic rings. The molecule has 1 N–H and O–H groups in total. The van der Waals surface area contributed by atoms with Crippen LogP contribution in [0.5, 0.6) is 0 Å². The minimum atomic E-state index is -0.197. The topological polar surface area (TPSA) is 78.0 Å². The Morgan fingerprint density at radius 3 is 2.47 bits per heavy atom. The quantitative estimate of drug-likeness (QED) is 0.828. The Balaban J connectivity index is 1.22. The molecular formula is C22H27N5O3. The van der Waals surface area contributed by atoms with E-state index in [1.54, 1.807) is 16.0 Å². The Kier molecular flexibility index (Phi) is 6.44. The highest BCUT2D eigenvalue weighted by molar-refractivity contribution is 5.84. The molecule has 1 unspecified atom stereocenters. The van der Waals surface area contributed by atoms with Crippen molar-refractivity contribution in [3.05, 3.63) is 60.3 Å². The van der Waals surface area contributed by atoms with E-state index >= 15 is 0 Å². The first-order valence-corrected chi connectivity index (χ1v) is 10.3. The summed E-state index contributed by atoms with van der Waals surface area (Å²) in [5, 5.41) is 2.78. The van der Waals surface area contributed by atoms with Gasteiger partial charge in [-0.05, 0) is 17.7 Å². The van der Waals surface area contributed by atoms with E-state index in [1.807, 2.05) is 48.5 Å². The van der Waals surface area contributed by atoms with Crippen LogP contribution in [0.1, 0.15) is 11.7 Å². The number of carbonyl (C=O) groups excluding carboxylic acids is 2. The third kappa shape index (κ3) is 4.88. The van der Waals surface area contributed by atoms with Gasteiger partial charge in [0.15, 0.2) is 0 Å². The summed E-state index contributed by atoms with van der Waals surface area (Å²) in [6, 6.07) is 15.5. The predicted octanol–water partition coefficient (Wildman–Crippen LogP) is 1.51. The van der Waals surface area contributed by atoms with Crippen LogP contribution in [0, 0.1) is 0 Å². The highest BCUT2D eigenvalue weighted by Gasteiger charge is 2.26. The smallest absolute Gasteiger partial charge is 0.317 e. The van der Waals surface area contributed by atoms with Gasteiger partial charge in [-0.15, -0.1) is 0 Å². The zero-order valence-corrected chi connectivity index (χ0v) is 16.9. The Bertz CT molecular complexity index is 840. The van der Waals surface area contributed by atoms with Crippen LogP contribution in [-0.2, 0) is 9.53 Å². The molecule has 1 aromatic heterocycles. The summed E-state index contributed by atoms with van der Waals surface area (Å²) in [6.45, 7) is 4.19. The summed E-state index contributed by atoms with van der Waals surface area (Å²) in [6.07, 6.45) is 1.65. The predicted molar refractivity (Wildman–Crippen MR) is 113 cm³/mol. The number of amides is 3. The molecule has 2 aromatic rings. The lowest BCUT2D eigenvalue weighted by Gasteiger charge is -2.36. The number of hydrogen-bond donors (Lipinski definition) is 1. The fourth-order valence-corrected chi connectivity index (χ4v) is 3.80. The molecule has 3 heterocycles. The summed E-state index contributed by atoms with van der Waals surface area (Å²) in [4.78, 5) is 35.1. The third-order valence-corrected chi connectivity index (χ3v) is 5.52. The summed E-state index contributed by atoms with van der Waals surface area (Å²) in [7, 11) is 0. The number of benzene rings is 1. The standard InChI is InChI=1S/C22H27N5O3/c28-21(27-14-15-30-19(17-27)18-6-2-1-3-7-18)16-24-22(29)26-12-10-25(11-13-26)20-8-4-5-9-23-20/h1-9,19H,10-17H2,(H,24,29). The minimum absolute atomic E-state index is 0.000792. The lowest BCUT2D eigenvalue weighted by Crippen LogP contribution is -2.54. The fourth-order valence-electron chi connectivity index (χ4n) is 3.80. The van der Waals surface area contributed by atoms with E-state index in [0.29, 0.717) is 32.8 Å². The van der Waals surface area contributed by atoms with Crippen LogP contribution in [0.3, 0.4) is 0 Å². The molecule has 0 bridgehead atoms. The van der Waals surface area contributed by atoms with Gasteiger partial charge in [0, 0.05) is 38.9 Å². The number of rotatable bonds is 4. The van der Waals surface area contributed by atoms with Crippen molar-refractivity contribution in [3.63, 3.8) is 0 Å². The summed E-state index contributed by atoms with van der Waals surface area (Å²) in [5.41, 5.74) is 1.06. The first-order chi connectivity index (χ1) is 14.7. The largest absolute Gasteiger partial charge is 0.370 e. The molecule has 30 heavy (non-hydrogen) atoms. The van der Waals surface area contributed by atoms with Crippen molar-refractivity contribution in [1.29, 1.82) is 0 Å². The Morgan fingerprint density at radius 2 is 1.73 bits per heavy atom. The highest BCUT2D eigenvalue weighted by Crippen LogP contribution is 2.21. The Labute approximate surface area is 176 Å². The maximum Gasteiger partial charge on any atom is 0.317 e. The molecule has 0 radical (unpaired) electrons. The van der Waals surface area contributed by atoms with Crippen molar-refractivity contribution in [3.8, 4) is 0 Å². The van der Waals surface area contributed by atoms with E-state index < -0.39 is 0 Å². The normalized spacial score (nSPS) is 19.5. The molecule has 3 amide bonds. The van der Waals surface area contributed by atoms with Crippen molar-refractivity contribution in [2.45, 2.75) is 6.10 Å². The molecule has 2 aliphatic heterocycles. The second-order valence-electron chi connectivity index (χ2n) is 7.43. The minimum Gasteiger partial charge on any atom is -0.370 e. The van der Waals surface area contributed by atoms with Gasteiger partial charge in [-0.2, -0.15) is 0 Å². The average molecular weight is 409 g/mol. The zero-order chi connectivity index (χ0) is 20.8. The second-order valence-corrected chi connectivity index (χ2v) is 7.43. The van der Waals surface area contributed by atoms with E-state index in [-0.39, 0.29) is 24.6 Å². The van der Waals surface area contributed by atoms with E-state index in [2.05, 4.69) is 15.2 Å². The molecule has 8 nitrogen and oxygen atoms in total. The first-order valence-electron chi connectivity index (χ1n) is 10.3. The molecule has 0 spiro atoms. The van der Waals surface area contributed by atoms with Crippen molar-refractivity contribution < 1.29 is 14.3 Å². The number of hydrogen-bond acceptors (Lipinski definition) is 5. The maximum absolute atomic E-state index is 12.6. The molecule has 8 heteroatoms. The van der Waals surface area contributed by atoms with Crippen LogP contribution >= 0.6 is 0 Å². The molecule has 158 valence electrons. The maximum atomic E-state index is 12.6. The van der Waals surface area contributed by atoms with Crippen LogP contribution in [0.4, 0.5) is 10.6 Å². The summed E-state index contributed by atoms with van der Waals surface area (Å²) in [5.74, 6) is 0.840. The summed E-state index contributed by atoms with van der Waals surface area (Å²) < 4.78 is 5.81. The van der Waals surface area contributed by atoms with Gasteiger partial charge < -0.3 is 24.8 Å². The van der Waals surface area contributed by atoms with Crippen LogP contribution in [0.2, 0.25) is 0 Å².